The van der Waals surface area contributed by atoms with Gasteiger partial charge in [-0.15, -0.1) is 11.3 Å². The van der Waals surface area contributed by atoms with E-state index in [2.05, 4.69) is 26.3 Å². The van der Waals surface area contributed by atoms with Gasteiger partial charge in [-0.2, -0.15) is 0 Å². The summed E-state index contributed by atoms with van der Waals surface area (Å²) in [6.45, 7) is 4.74. The first-order chi connectivity index (χ1) is 13.2. The van der Waals surface area contributed by atoms with Gasteiger partial charge in [-0.25, -0.2) is 9.97 Å². The van der Waals surface area contributed by atoms with Crippen LogP contribution < -0.4 is 10.2 Å². The molecule has 3 heterocycles. The fourth-order valence-electron chi connectivity index (χ4n) is 4.20. The molecule has 1 fully saturated rings. The van der Waals surface area contributed by atoms with Gasteiger partial charge in [0, 0.05) is 24.5 Å². The van der Waals surface area contributed by atoms with Gasteiger partial charge in [0.1, 0.15) is 17.0 Å². The Labute approximate surface area is 164 Å². The molecule has 0 bridgehead atoms. The Bertz CT molecular complexity index is 851. The minimum absolute atomic E-state index is 0.0169. The topological polar surface area (TPSA) is 58.1 Å². The number of piperidine rings is 1. The second-order valence-corrected chi connectivity index (χ2v) is 8.78. The third-order valence-electron chi connectivity index (χ3n) is 5.64. The van der Waals surface area contributed by atoms with Crippen LogP contribution in [0.4, 0.5) is 5.82 Å². The molecule has 0 atom stereocenters. The smallest absolute Gasteiger partial charge is 0.253 e. The van der Waals surface area contributed by atoms with E-state index < -0.39 is 0 Å². The molecule has 1 N–H and O–H groups in total. The Morgan fingerprint density at radius 1 is 1.19 bits per heavy atom. The van der Waals surface area contributed by atoms with E-state index in [1.54, 1.807) is 17.7 Å². The molecule has 0 saturated carbocycles. The first-order valence-corrected chi connectivity index (χ1v) is 11.0. The Hall–Kier alpha value is -1.95. The number of rotatable bonds is 5. The Morgan fingerprint density at radius 2 is 2.04 bits per heavy atom. The largest absolute Gasteiger partial charge is 0.356 e. The van der Waals surface area contributed by atoms with E-state index in [-0.39, 0.29) is 5.91 Å². The summed E-state index contributed by atoms with van der Waals surface area (Å²) in [6.07, 6.45) is 13.6. The van der Waals surface area contributed by atoms with Crippen LogP contribution >= 0.6 is 11.3 Å². The summed E-state index contributed by atoms with van der Waals surface area (Å²) in [5.41, 5.74) is 2.26. The van der Waals surface area contributed by atoms with Crippen molar-refractivity contribution in [2.24, 2.45) is 0 Å². The molecule has 6 heteroatoms. The molecular weight excluding hydrogens is 356 g/mol. The summed E-state index contributed by atoms with van der Waals surface area (Å²) < 4.78 is 0. The molecule has 2 aromatic rings. The fourth-order valence-corrected chi connectivity index (χ4v) is 5.19. The predicted molar refractivity (Wildman–Crippen MR) is 112 cm³/mol. The molecule has 144 valence electrons. The van der Waals surface area contributed by atoms with E-state index in [9.17, 15) is 4.79 Å². The molecule has 1 aliphatic carbocycles. The number of nitrogens with one attached hydrogen (secondary N) is 1. The zero-order valence-electron chi connectivity index (χ0n) is 16.1. The molecule has 0 unspecified atom stereocenters. The number of hydrogen-bond donors (Lipinski definition) is 1. The average Bonchev–Trinajstić information content (AvgIpc) is 3.05. The summed E-state index contributed by atoms with van der Waals surface area (Å²) in [6, 6.07) is 0. The summed E-state index contributed by atoms with van der Waals surface area (Å²) >= 11 is 1.60. The quantitative estimate of drug-likeness (QED) is 0.765. The lowest BCUT2D eigenvalue weighted by Gasteiger charge is -2.28. The van der Waals surface area contributed by atoms with E-state index >= 15 is 0 Å². The maximum absolute atomic E-state index is 13.0. The van der Waals surface area contributed by atoms with Crippen LogP contribution in [0.2, 0.25) is 0 Å². The first-order valence-electron chi connectivity index (χ1n) is 10.2. The van der Waals surface area contributed by atoms with Crippen molar-refractivity contribution >= 4 is 33.3 Å². The SMILES string of the molecule is Cc1sc2ncnc(N3CCCCC3)c2c1C(=O)NCCC1=CCCCC1. The van der Waals surface area contributed by atoms with Gasteiger partial charge >= 0.3 is 0 Å². The standard InChI is InChI=1S/C21H28N4OS/c1-15-17(20(26)22-11-10-16-8-4-2-5-9-16)18-19(23-14-24-21(18)27-15)25-12-6-3-7-13-25/h8,14H,2-7,9-13H2,1H3,(H,22,26). The normalized spacial score (nSPS) is 17.8. The third kappa shape index (κ3) is 4.00. The van der Waals surface area contributed by atoms with Crippen LogP contribution in [0.1, 0.15) is 66.6 Å². The van der Waals surface area contributed by atoms with Crippen molar-refractivity contribution in [1.29, 1.82) is 0 Å². The van der Waals surface area contributed by atoms with E-state index in [1.165, 1.54) is 50.5 Å². The van der Waals surface area contributed by atoms with Gasteiger partial charge in [-0.3, -0.25) is 4.79 Å². The molecule has 2 aliphatic rings. The highest BCUT2D eigenvalue weighted by molar-refractivity contribution is 7.19. The summed E-state index contributed by atoms with van der Waals surface area (Å²) in [5.74, 6) is 0.951. The maximum atomic E-state index is 13.0. The number of fused-ring (bicyclic) bond motifs is 1. The van der Waals surface area contributed by atoms with E-state index in [1.807, 2.05) is 6.92 Å². The predicted octanol–water partition coefficient (Wildman–Crippen LogP) is 4.61. The van der Waals surface area contributed by atoms with Crippen molar-refractivity contribution in [3.05, 3.63) is 28.4 Å². The second kappa shape index (κ2) is 8.38. The van der Waals surface area contributed by atoms with E-state index in [4.69, 9.17) is 0 Å². The lowest BCUT2D eigenvalue weighted by atomic mass is 9.97. The van der Waals surface area contributed by atoms with Crippen LogP contribution in [0.25, 0.3) is 10.2 Å². The number of hydrogen-bond acceptors (Lipinski definition) is 5. The van der Waals surface area contributed by atoms with E-state index in [0.717, 1.165) is 46.0 Å². The third-order valence-corrected chi connectivity index (χ3v) is 6.66. The molecule has 1 amide bonds. The Balaban J connectivity index is 1.55. The highest BCUT2D eigenvalue weighted by atomic mass is 32.1. The van der Waals surface area contributed by atoms with Crippen LogP contribution in [-0.2, 0) is 0 Å². The van der Waals surface area contributed by atoms with Gasteiger partial charge in [-0.1, -0.05) is 11.6 Å². The number of thiophene rings is 1. The minimum Gasteiger partial charge on any atom is -0.356 e. The molecule has 5 nitrogen and oxygen atoms in total. The van der Waals surface area contributed by atoms with Crippen molar-refractivity contribution in [2.45, 2.75) is 58.3 Å². The highest BCUT2D eigenvalue weighted by Crippen LogP contribution is 2.35. The molecule has 2 aromatic heterocycles. The maximum Gasteiger partial charge on any atom is 0.253 e. The fraction of sp³-hybridized carbons (Fsp3) is 0.571. The van der Waals surface area contributed by atoms with Gasteiger partial charge < -0.3 is 10.2 Å². The summed E-state index contributed by atoms with van der Waals surface area (Å²) in [5, 5.41) is 4.09. The second-order valence-electron chi connectivity index (χ2n) is 7.57. The first kappa shape index (κ1) is 18.4. The monoisotopic (exact) mass is 384 g/mol. The molecule has 0 radical (unpaired) electrons. The Kier molecular flexibility index (Phi) is 5.72. The average molecular weight is 385 g/mol. The van der Waals surface area contributed by atoms with Crippen LogP contribution in [0.5, 0.6) is 0 Å². The number of aromatic nitrogens is 2. The number of amides is 1. The minimum atomic E-state index is 0.0169. The van der Waals surface area contributed by atoms with Crippen molar-refractivity contribution in [2.75, 3.05) is 24.5 Å². The van der Waals surface area contributed by atoms with Crippen molar-refractivity contribution in [3.63, 3.8) is 0 Å². The van der Waals surface area contributed by atoms with Gasteiger partial charge in [0.25, 0.3) is 5.91 Å². The number of anilines is 1. The molecular formula is C21H28N4OS. The van der Waals surface area contributed by atoms with Crippen molar-refractivity contribution < 1.29 is 4.79 Å². The summed E-state index contributed by atoms with van der Waals surface area (Å²) in [7, 11) is 0. The van der Waals surface area contributed by atoms with E-state index in [0.29, 0.717) is 6.54 Å². The van der Waals surface area contributed by atoms with Crippen LogP contribution in [-0.4, -0.2) is 35.5 Å². The highest BCUT2D eigenvalue weighted by Gasteiger charge is 2.24. The molecule has 0 aromatic carbocycles. The lowest BCUT2D eigenvalue weighted by molar-refractivity contribution is 0.0955. The molecule has 1 saturated heterocycles. The van der Waals surface area contributed by atoms with Gasteiger partial charge in [0.2, 0.25) is 0 Å². The molecule has 27 heavy (non-hydrogen) atoms. The number of allylic oxidation sites excluding steroid dienone is 1. The lowest BCUT2D eigenvalue weighted by Crippen LogP contribution is -2.31. The van der Waals surface area contributed by atoms with Crippen molar-refractivity contribution in [3.8, 4) is 0 Å². The molecule has 4 rings (SSSR count). The number of nitrogens with zero attached hydrogens (tertiary/aromatic N) is 3. The number of aryl methyl sites for hydroxylation is 1. The molecule has 0 spiro atoms. The summed E-state index contributed by atoms with van der Waals surface area (Å²) in [4.78, 5) is 26.3. The zero-order chi connectivity index (χ0) is 18.6. The van der Waals surface area contributed by atoms with Gasteiger partial charge in [0.15, 0.2) is 0 Å². The van der Waals surface area contributed by atoms with Gasteiger partial charge in [-0.05, 0) is 58.3 Å². The van der Waals surface area contributed by atoms with Crippen LogP contribution in [0.3, 0.4) is 0 Å². The number of carbonyl (C=O) groups excluding carboxylic acids is 1. The van der Waals surface area contributed by atoms with Crippen LogP contribution in [0.15, 0.2) is 18.0 Å². The van der Waals surface area contributed by atoms with Crippen LogP contribution in [0, 0.1) is 6.92 Å². The number of carbonyl (C=O) groups is 1. The van der Waals surface area contributed by atoms with Crippen molar-refractivity contribution in [1.82, 2.24) is 15.3 Å². The van der Waals surface area contributed by atoms with Gasteiger partial charge in [0.05, 0.1) is 10.9 Å². The zero-order valence-corrected chi connectivity index (χ0v) is 16.9. The molecule has 1 aliphatic heterocycles. The Morgan fingerprint density at radius 3 is 2.81 bits per heavy atom.